The van der Waals surface area contributed by atoms with Gasteiger partial charge in [0.2, 0.25) is 0 Å². The van der Waals surface area contributed by atoms with Crippen LogP contribution in [0.5, 0.6) is 5.75 Å². The maximum atomic E-state index is 5.72. The van der Waals surface area contributed by atoms with Crippen molar-refractivity contribution >= 4 is 11.0 Å². The van der Waals surface area contributed by atoms with Crippen LogP contribution in [0.3, 0.4) is 0 Å². The number of nitrogens with two attached hydrogens (primary N) is 1. The minimum atomic E-state index is 0.451. The van der Waals surface area contributed by atoms with Crippen molar-refractivity contribution in [3.63, 3.8) is 0 Å². The molecular formula is C13H17NO2. The fourth-order valence-corrected chi connectivity index (χ4v) is 1.99. The van der Waals surface area contributed by atoms with Crippen LogP contribution in [-0.2, 0) is 13.0 Å². The van der Waals surface area contributed by atoms with E-state index in [0.717, 1.165) is 35.3 Å². The highest BCUT2D eigenvalue weighted by molar-refractivity contribution is 5.83. The van der Waals surface area contributed by atoms with Crippen molar-refractivity contribution in [2.75, 3.05) is 7.11 Å². The number of hydrogen-bond donors (Lipinski definition) is 1. The molecule has 0 spiro atoms. The second-order valence-electron chi connectivity index (χ2n) is 3.82. The molecule has 0 aliphatic rings. The van der Waals surface area contributed by atoms with Crippen LogP contribution in [-0.4, -0.2) is 7.11 Å². The summed E-state index contributed by atoms with van der Waals surface area (Å²) < 4.78 is 10.9. The maximum Gasteiger partial charge on any atom is 0.134 e. The van der Waals surface area contributed by atoms with Gasteiger partial charge in [0, 0.05) is 10.9 Å². The topological polar surface area (TPSA) is 48.4 Å². The standard InChI is InChI=1S/C13H17NO2/c1-3-4-10-11-7-9(15-2)5-6-12(11)16-13(10)8-14/h5-7H,3-4,8,14H2,1-2H3. The average molecular weight is 219 g/mol. The van der Waals surface area contributed by atoms with Crippen molar-refractivity contribution in [3.05, 3.63) is 29.5 Å². The van der Waals surface area contributed by atoms with E-state index in [-0.39, 0.29) is 0 Å². The summed E-state index contributed by atoms with van der Waals surface area (Å²) >= 11 is 0. The van der Waals surface area contributed by atoms with E-state index in [1.807, 2.05) is 18.2 Å². The molecule has 1 heterocycles. The molecule has 0 amide bonds. The lowest BCUT2D eigenvalue weighted by atomic mass is 10.1. The molecule has 0 radical (unpaired) electrons. The third kappa shape index (κ3) is 1.78. The van der Waals surface area contributed by atoms with Gasteiger partial charge in [0.15, 0.2) is 0 Å². The molecule has 16 heavy (non-hydrogen) atoms. The van der Waals surface area contributed by atoms with Crippen LogP contribution in [0.4, 0.5) is 0 Å². The highest BCUT2D eigenvalue weighted by Gasteiger charge is 2.12. The van der Waals surface area contributed by atoms with Crippen LogP contribution < -0.4 is 10.5 Å². The Morgan fingerprint density at radius 1 is 1.38 bits per heavy atom. The van der Waals surface area contributed by atoms with Gasteiger partial charge in [-0.25, -0.2) is 0 Å². The molecule has 0 saturated heterocycles. The summed E-state index contributed by atoms with van der Waals surface area (Å²) in [6.45, 7) is 2.60. The number of rotatable bonds is 4. The number of furan rings is 1. The molecule has 1 aromatic carbocycles. The lowest BCUT2D eigenvalue weighted by molar-refractivity contribution is 0.415. The second-order valence-corrected chi connectivity index (χ2v) is 3.82. The molecule has 0 unspecified atom stereocenters. The van der Waals surface area contributed by atoms with Crippen molar-refractivity contribution in [2.24, 2.45) is 5.73 Å². The van der Waals surface area contributed by atoms with Crippen molar-refractivity contribution in [3.8, 4) is 5.75 Å². The normalized spacial score (nSPS) is 10.9. The first kappa shape index (κ1) is 11.0. The van der Waals surface area contributed by atoms with E-state index in [2.05, 4.69) is 6.92 Å². The summed E-state index contributed by atoms with van der Waals surface area (Å²) in [5.74, 6) is 1.75. The fourth-order valence-electron chi connectivity index (χ4n) is 1.99. The monoisotopic (exact) mass is 219 g/mol. The Bertz CT molecular complexity index is 488. The summed E-state index contributed by atoms with van der Waals surface area (Å²) in [6, 6.07) is 5.86. The highest BCUT2D eigenvalue weighted by atomic mass is 16.5. The lowest BCUT2D eigenvalue weighted by Gasteiger charge is -2.00. The molecule has 86 valence electrons. The van der Waals surface area contributed by atoms with Crippen LogP contribution >= 0.6 is 0 Å². The number of aryl methyl sites for hydroxylation is 1. The Hall–Kier alpha value is -1.48. The van der Waals surface area contributed by atoms with Crippen molar-refractivity contribution in [1.29, 1.82) is 0 Å². The Labute approximate surface area is 95.2 Å². The molecule has 3 nitrogen and oxygen atoms in total. The van der Waals surface area contributed by atoms with Gasteiger partial charge in [0.1, 0.15) is 17.1 Å². The van der Waals surface area contributed by atoms with Crippen LogP contribution in [0.15, 0.2) is 22.6 Å². The maximum absolute atomic E-state index is 5.72. The Balaban J connectivity index is 2.60. The zero-order chi connectivity index (χ0) is 11.5. The SMILES string of the molecule is CCCc1c(CN)oc2ccc(OC)cc12. The Morgan fingerprint density at radius 3 is 2.81 bits per heavy atom. The van der Waals surface area contributed by atoms with E-state index in [1.54, 1.807) is 7.11 Å². The second kappa shape index (κ2) is 4.58. The van der Waals surface area contributed by atoms with E-state index >= 15 is 0 Å². The van der Waals surface area contributed by atoms with Crippen molar-refractivity contribution in [1.82, 2.24) is 0 Å². The predicted octanol–water partition coefficient (Wildman–Crippen LogP) is 2.85. The fraction of sp³-hybridized carbons (Fsp3) is 0.385. The molecule has 2 aromatic rings. The molecule has 3 heteroatoms. The third-order valence-corrected chi connectivity index (χ3v) is 2.77. The smallest absolute Gasteiger partial charge is 0.134 e. The highest BCUT2D eigenvalue weighted by Crippen LogP contribution is 2.30. The van der Waals surface area contributed by atoms with Gasteiger partial charge in [-0.3, -0.25) is 0 Å². The van der Waals surface area contributed by atoms with Crippen molar-refractivity contribution in [2.45, 2.75) is 26.3 Å². The minimum Gasteiger partial charge on any atom is -0.497 e. The summed E-state index contributed by atoms with van der Waals surface area (Å²) in [5.41, 5.74) is 7.80. The lowest BCUT2D eigenvalue weighted by Crippen LogP contribution is -1.98. The van der Waals surface area contributed by atoms with Gasteiger partial charge in [-0.1, -0.05) is 13.3 Å². The van der Waals surface area contributed by atoms with Gasteiger partial charge in [0.25, 0.3) is 0 Å². The molecular weight excluding hydrogens is 202 g/mol. The summed E-state index contributed by atoms with van der Waals surface area (Å²) in [5, 5.41) is 1.13. The molecule has 1 aromatic heterocycles. The van der Waals surface area contributed by atoms with Crippen LogP contribution in [0, 0.1) is 0 Å². The van der Waals surface area contributed by atoms with Crippen LogP contribution in [0.25, 0.3) is 11.0 Å². The number of fused-ring (bicyclic) bond motifs is 1. The quantitative estimate of drug-likeness (QED) is 0.860. The van der Waals surface area contributed by atoms with Crippen molar-refractivity contribution < 1.29 is 9.15 Å². The number of benzene rings is 1. The van der Waals surface area contributed by atoms with E-state index in [4.69, 9.17) is 14.9 Å². The molecule has 0 fully saturated rings. The summed E-state index contributed by atoms with van der Waals surface area (Å²) in [7, 11) is 1.67. The predicted molar refractivity (Wildman–Crippen MR) is 64.7 cm³/mol. The first-order valence-electron chi connectivity index (χ1n) is 5.58. The van der Waals surface area contributed by atoms with E-state index in [1.165, 1.54) is 5.56 Å². The zero-order valence-corrected chi connectivity index (χ0v) is 9.75. The summed E-state index contributed by atoms with van der Waals surface area (Å²) in [6.07, 6.45) is 2.07. The Morgan fingerprint density at radius 2 is 2.19 bits per heavy atom. The van der Waals surface area contributed by atoms with Gasteiger partial charge < -0.3 is 14.9 Å². The average Bonchev–Trinajstić information content (AvgIpc) is 2.67. The van der Waals surface area contributed by atoms with E-state index < -0.39 is 0 Å². The minimum absolute atomic E-state index is 0.451. The van der Waals surface area contributed by atoms with Gasteiger partial charge in [0.05, 0.1) is 13.7 Å². The molecule has 0 bridgehead atoms. The van der Waals surface area contributed by atoms with Gasteiger partial charge in [-0.05, 0) is 24.6 Å². The number of methoxy groups -OCH3 is 1. The van der Waals surface area contributed by atoms with Gasteiger partial charge in [-0.2, -0.15) is 0 Å². The molecule has 2 N–H and O–H groups in total. The number of hydrogen-bond acceptors (Lipinski definition) is 3. The Kier molecular flexibility index (Phi) is 3.15. The van der Waals surface area contributed by atoms with Crippen LogP contribution in [0.1, 0.15) is 24.7 Å². The van der Waals surface area contributed by atoms with E-state index in [9.17, 15) is 0 Å². The first-order valence-corrected chi connectivity index (χ1v) is 5.58. The molecule has 0 saturated carbocycles. The molecule has 0 aliphatic carbocycles. The molecule has 0 aliphatic heterocycles. The van der Waals surface area contributed by atoms with Gasteiger partial charge in [-0.15, -0.1) is 0 Å². The molecule has 2 rings (SSSR count). The number of ether oxygens (including phenoxy) is 1. The largest absolute Gasteiger partial charge is 0.497 e. The van der Waals surface area contributed by atoms with Gasteiger partial charge >= 0.3 is 0 Å². The third-order valence-electron chi connectivity index (χ3n) is 2.77. The zero-order valence-electron chi connectivity index (χ0n) is 9.75. The van der Waals surface area contributed by atoms with E-state index in [0.29, 0.717) is 6.54 Å². The molecule has 0 atom stereocenters. The van der Waals surface area contributed by atoms with Crippen LogP contribution in [0.2, 0.25) is 0 Å². The first-order chi connectivity index (χ1) is 7.80. The summed E-state index contributed by atoms with van der Waals surface area (Å²) in [4.78, 5) is 0.